The molecule has 2 aromatic carbocycles. The van der Waals surface area contributed by atoms with E-state index in [9.17, 15) is 13.2 Å². The Morgan fingerprint density at radius 1 is 1.03 bits per heavy atom. The molecule has 0 saturated heterocycles. The summed E-state index contributed by atoms with van der Waals surface area (Å²) in [6, 6.07) is 15.8. The van der Waals surface area contributed by atoms with Crippen LogP contribution in [0.25, 0.3) is 0 Å². The summed E-state index contributed by atoms with van der Waals surface area (Å²) >= 11 is 6.16. The van der Waals surface area contributed by atoms with Gasteiger partial charge in [0.05, 0.1) is 17.2 Å². The van der Waals surface area contributed by atoms with Gasteiger partial charge >= 0.3 is 0 Å². The zero-order valence-electron chi connectivity index (χ0n) is 15.4. The van der Waals surface area contributed by atoms with Gasteiger partial charge in [-0.05, 0) is 43.3 Å². The summed E-state index contributed by atoms with van der Waals surface area (Å²) in [5.41, 5.74) is 1.06. The highest BCUT2D eigenvalue weighted by atomic mass is 35.5. The van der Waals surface area contributed by atoms with Gasteiger partial charge in [-0.3, -0.25) is 4.79 Å². The number of amides is 1. The maximum atomic E-state index is 13.4. The van der Waals surface area contributed by atoms with Crippen LogP contribution in [0, 0.1) is 5.92 Å². The Kier molecular flexibility index (Phi) is 5.02. The second kappa shape index (κ2) is 7.50. The first-order chi connectivity index (χ1) is 13.9. The van der Waals surface area contributed by atoms with Gasteiger partial charge in [0.1, 0.15) is 5.92 Å². The van der Waals surface area contributed by atoms with Crippen molar-refractivity contribution < 1.29 is 17.9 Å². The zero-order chi connectivity index (χ0) is 20.6. The molecule has 1 aliphatic heterocycles. The van der Waals surface area contributed by atoms with Crippen molar-refractivity contribution in [3.05, 3.63) is 88.9 Å². The largest absolute Gasteiger partial charge is 0.478 e. The highest BCUT2D eigenvalue weighted by molar-refractivity contribution is 7.93. The number of anilines is 1. The van der Waals surface area contributed by atoms with Crippen LogP contribution in [0.5, 0.6) is 5.88 Å². The highest BCUT2D eigenvalue weighted by Gasteiger charge is 2.46. The maximum Gasteiger partial charge on any atom is 0.270 e. The molecule has 0 bridgehead atoms. The second-order valence-electron chi connectivity index (χ2n) is 6.21. The summed E-state index contributed by atoms with van der Waals surface area (Å²) < 4.78 is 33.0. The van der Waals surface area contributed by atoms with E-state index in [2.05, 4.69) is 4.98 Å². The molecule has 147 valence electrons. The summed E-state index contributed by atoms with van der Waals surface area (Å²) in [6.45, 7) is 2.15. The Bertz CT molecular complexity index is 1180. The van der Waals surface area contributed by atoms with Crippen LogP contribution in [-0.2, 0) is 14.8 Å². The molecule has 1 radical (unpaired) electrons. The molecule has 6 nitrogen and oxygen atoms in total. The van der Waals surface area contributed by atoms with E-state index in [0.29, 0.717) is 22.8 Å². The van der Waals surface area contributed by atoms with Crippen molar-refractivity contribution in [3.8, 4) is 5.88 Å². The normalized spacial score (nSPS) is 14.1. The number of benzene rings is 2. The minimum atomic E-state index is -4.12. The first-order valence-corrected chi connectivity index (χ1v) is 10.7. The quantitative estimate of drug-likeness (QED) is 0.618. The summed E-state index contributed by atoms with van der Waals surface area (Å²) in [4.78, 5) is 17.6. The average molecular weight is 428 g/mol. The average Bonchev–Trinajstić information content (AvgIpc) is 3.01. The van der Waals surface area contributed by atoms with Gasteiger partial charge in [0.2, 0.25) is 5.88 Å². The van der Waals surface area contributed by atoms with Crippen LogP contribution in [0.4, 0.5) is 5.69 Å². The van der Waals surface area contributed by atoms with Crippen LogP contribution >= 0.6 is 11.6 Å². The Labute approximate surface area is 173 Å². The lowest BCUT2D eigenvalue weighted by molar-refractivity contribution is -0.114. The van der Waals surface area contributed by atoms with E-state index in [1.165, 1.54) is 18.2 Å². The van der Waals surface area contributed by atoms with Gasteiger partial charge in [0.15, 0.2) is 0 Å². The minimum Gasteiger partial charge on any atom is -0.478 e. The number of pyridine rings is 1. The van der Waals surface area contributed by atoms with Crippen LogP contribution in [0.1, 0.15) is 18.1 Å². The van der Waals surface area contributed by atoms with E-state index in [-0.39, 0.29) is 22.4 Å². The van der Waals surface area contributed by atoms with E-state index < -0.39 is 15.9 Å². The molecule has 1 aliphatic rings. The van der Waals surface area contributed by atoms with Crippen molar-refractivity contribution in [2.75, 3.05) is 10.9 Å². The number of aromatic nitrogens is 1. The predicted octanol–water partition coefficient (Wildman–Crippen LogP) is 3.84. The molecule has 0 N–H and O–H groups in total. The molecule has 0 saturated carbocycles. The lowest BCUT2D eigenvalue weighted by atomic mass is 9.93. The molecular formula is C21H16ClN2O4S. The van der Waals surface area contributed by atoms with Crippen molar-refractivity contribution in [3.63, 3.8) is 0 Å². The molecule has 29 heavy (non-hydrogen) atoms. The van der Waals surface area contributed by atoms with Gasteiger partial charge in [-0.25, -0.2) is 17.7 Å². The Morgan fingerprint density at radius 2 is 1.79 bits per heavy atom. The molecule has 0 unspecified atom stereocenters. The van der Waals surface area contributed by atoms with Gasteiger partial charge in [-0.1, -0.05) is 35.9 Å². The number of halogens is 1. The summed E-state index contributed by atoms with van der Waals surface area (Å²) in [5, 5.41) is 0.384. The van der Waals surface area contributed by atoms with Crippen molar-refractivity contribution in [1.29, 1.82) is 0 Å². The van der Waals surface area contributed by atoms with Crippen molar-refractivity contribution in [2.24, 2.45) is 0 Å². The first-order valence-electron chi connectivity index (χ1n) is 8.85. The number of carbonyl (C=O) groups is 1. The number of hydrogen-bond donors (Lipinski definition) is 0. The lowest BCUT2D eigenvalue weighted by Crippen LogP contribution is -2.35. The Morgan fingerprint density at radius 3 is 2.52 bits per heavy atom. The number of carbonyl (C=O) groups excluding carboxylic acids is 1. The number of nitrogens with zero attached hydrogens (tertiary/aromatic N) is 2. The third-order valence-corrected chi connectivity index (χ3v) is 6.39. The van der Waals surface area contributed by atoms with Crippen molar-refractivity contribution in [2.45, 2.75) is 11.8 Å². The summed E-state index contributed by atoms with van der Waals surface area (Å²) in [6.07, 6.45) is 1.55. The Hall–Kier alpha value is -2.90. The minimum absolute atomic E-state index is 0.0201. The van der Waals surface area contributed by atoms with E-state index in [1.807, 2.05) is 0 Å². The first kappa shape index (κ1) is 19.4. The number of ether oxygens (including phenoxy) is 1. The van der Waals surface area contributed by atoms with E-state index in [1.54, 1.807) is 55.6 Å². The highest BCUT2D eigenvalue weighted by Crippen LogP contribution is 2.45. The second-order valence-corrected chi connectivity index (χ2v) is 8.44. The van der Waals surface area contributed by atoms with Gasteiger partial charge in [0, 0.05) is 22.3 Å². The van der Waals surface area contributed by atoms with Gasteiger partial charge < -0.3 is 4.74 Å². The third kappa shape index (κ3) is 3.26. The van der Waals surface area contributed by atoms with Crippen LogP contribution in [0.15, 0.2) is 71.8 Å². The molecule has 2 heterocycles. The molecule has 4 rings (SSSR count). The third-order valence-electron chi connectivity index (χ3n) is 4.45. The van der Waals surface area contributed by atoms with Crippen molar-refractivity contribution >= 4 is 33.2 Å². The van der Waals surface area contributed by atoms with Crippen molar-refractivity contribution in [1.82, 2.24) is 4.98 Å². The maximum absolute atomic E-state index is 13.4. The fourth-order valence-corrected chi connectivity index (χ4v) is 4.85. The fraction of sp³-hybridized carbons (Fsp3) is 0.0952. The van der Waals surface area contributed by atoms with Crippen LogP contribution < -0.4 is 9.04 Å². The molecule has 3 aromatic rings. The number of fused-ring (bicyclic) bond motifs is 1. The molecule has 1 aromatic heterocycles. The predicted molar refractivity (Wildman–Crippen MR) is 109 cm³/mol. The van der Waals surface area contributed by atoms with E-state index in [0.717, 1.165) is 4.31 Å². The number of sulfonamides is 1. The smallest absolute Gasteiger partial charge is 0.270 e. The fourth-order valence-electron chi connectivity index (χ4n) is 3.24. The SMILES string of the molecule is CCOc1ncccc1[C]1C(=O)N(S(=O)(=O)c2ccccc2)c2ccc(Cl)cc21. The molecule has 0 fully saturated rings. The van der Waals surface area contributed by atoms with Crippen LogP contribution in [0.2, 0.25) is 5.02 Å². The number of hydrogen-bond acceptors (Lipinski definition) is 5. The molecule has 0 spiro atoms. The topological polar surface area (TPSA) is 76.6 Å². The van der Waals surface area contributed by atoms with Gasteiger partial charge in [-0.15, -0.1) is 0 Å². The summed E-state index contributed by atoms with van der Waals surface area (Å²) in [5.74, 6) is -0.248. The van der Waals surface area contributed by atoms with E-state index in [4.69, 9.17) is 16.3 Å². The van der Waals surface area contributed by atoms with E-state index >= 15 is 0 Å². The van der Waals surface area contributed by atoms with Crippen LogP contribution in [-0.4, -0.2) is 25.9 Å². The number of rotatable bonds is 5. The monoisotopic (exact) mass is 427 g/mol. The summed E-state index contributed by atoms with van der Waals surface area (Å²) in [7, 11) is -4.12. The zero-order valence-corrected chi connectivity index (χ0v) is 16.9. The molecule has 8 heteroatoms. The standard InChI is InChI=1S/C21H16ClN2O4S/c1-2-28-20-16(9-6-12-23-20)19-17-13-14(22)10-11-18(17)24(21(19)25)29(26,27)15-7-4-3-5-8-15/h3-13H,2H2,1H3. The molecule has 0 aliphatic carbocycles. The van der Waals surface area contributed by atoms with Gasteiger partial charge in [-0.2, -0.15) is 0 Å². The lowest BCUT2D eigenvalue weighted by Gasteiger charge is -2.18. The molecule has 0 atom stereocenters. The Balaban J connectivity index is 1.92. The molecule has 1 amide bonds. The van der Waals surface area contributed by atoms with Gasteiger partial charge in [0.25, 0.3) is 15.9 Å². The molecular weight excluding hydrogens is 412 g/mol. The van der Waals surface area contributed by atoms with Crippen LogP contribution in [0.3, 0.4) is 0 Å².